The maximum atomic E-state index is 12.6. The van der Waals surface area contributed by atoms with Crippen LogP contribution in [-0.2, 0) is 0 Å². The van der Waals surface area contributed by atoms with E-state index in [1.807, 2.05) is 36.4 Å². The SMILES string of the molecule is O=C(Nc1cccc(N2CCNC2=O)c1)NC(c1ccccc1)c1ncn[nH]1. The molecule has 28 heavy (non-hydrogen) atoms. The molecule has 3 aromatic rings. The molecule has 1 aliphatic rings. The molecule has 9 heteroatoms. The van der Waals surface area contributed by atoms with Gasteiger partial charge in [-0.15, -0.1) is 0 Å². The minimum absolute atomic E-state index is 0.143. The van der Waals surface area contributed by atoms with Gasteiger partial charge in [-0.25, -0.2) is 14.6 Å². The number of urea groups is 2. The molecule has 0 radical (unpaired) electrons. The summed E-state index contributed by atoms with van der Waals surface area (Å²) in [5.74, 6) is 0.531. The zero-order chi connectivity index (χ0) is 19.3. The fraction of sp³-hybridized carbons (Fsp3) is 0.158. The number of amides is 4. The predicted molar refractivity (Wildman–Crippen MR) is 104 cm³/mol. The molecule has 1 aromatic heterocycles. The minimum atomic E-state index is -0.476. The first-order valence-corrected chi connectivity index (χ1v) is 8.84. The molecule has 0 bridgehead atoms. The van der Waals surface area contributed by atoms with Gasteiger partial charge < -0.3 is 16.0 Å². The molecular formula is C19H19N7O2. The second-order valence-corrected chi connectivity index (χ2v) is 6.25. The van der Waals surface area contributed by atoms with Gasteiger partial charge >= 0.3 is 12.1 Å². The number of hydrogen-bond acceptors (Lipinski definition) is 4. The highest BCUT2D eigenvalue weighted by Crippen LogP contribution is 2.22. The van der Waals surface area contributed by atoms with Gasteiger partial charge in [-0.1, -0.05) is 36.4 Å². The Kier molecular flexibility index (Phi) is 4.87. The Morgan fingerprint density at radius 2 is 2.00 bits per heavy atom. The van der Waals surface area contributed by atoms with Crippen molar-refractivity contribution in [3.05, 3.63) is 72.3 Å². The molecule has 4 amide bonds. The topological polar surface area (TPSA) is 115 Å². The first-order valence-electron chi connectivity index (χ1n) is 8.84. The summed E-state index contributed by atoms with van der Waals surface area (Å²) >= 11 is 0. The van der Waals surface area contributed by atoms with Crippen LogP contribution < -0.4 is 20.9 Å². The van der Waals surface area contributed by atoms with E-state index >= 15 is 0 Å². The van der Waals surface area contributed by atoms with Crippen molar-refractivity contribution in [3.8, 4) is 0 Å². The van der Waals surface area contributed by atoms with Gasteiger partial charge in [0.25, 0.3) is 0 Å². The van der Waals surface area contributed by atoms with Crippen LogP contribution in [0.4, 0.5) is 21.0 Å². The van der Waals surface area contributed by atoms with E-state index in [1.165, 1.54) is 6.33 Å². The van der Waals surface area contributed by atoms with E-state index in [-0.39, 0.29) is 6.03 Å². The highest BCUT2D eigenvalue weighted by atomic mass is 16.2. The second kappa shape index (κ2) is 7.78. The lowest BCUT2D eigenvalue weighted by Gasteiger charge is -2.18. The summed E-state index contributed by atoms with van der Waals surface area (Å²) < 4.78 is 0. The molecule has 0 aliphatic carbocycles. The molecule has 2 aromatic carbocycles. The van der Waals surface area contributed by atoms with Gasteiger partial charge in [0, 0.05) is 24.5 Å². The monoisotopic (exact) mass is 377 g/mol. The van der Waals surface area contributed by atoms with Crippen LogP contribution in [0.3, 0.4) is 0 Å². The third kappa shape index (κ3) is 3.78. The molecule has 4 N–H and O–H groups in total. The predicted octanol–water partition coefficient (Wildman–Crippen LogP) is 2.25. The number of nitrogens with one attached hydrogen (secondary N) is 4. The third-order valence-electron chi connectivity index (χ3n) is 4.39. The summed E-state index contributed by atoms with van der Waals surface area (Å²) in [6.07, 6.45) is 1.40. The van der Waals surface area contributed by atoms with Crippen molar-refractivity contribution in [2.24, 2.45) is 0 Å². The number of benzene rings is 2. The molecule has 1 atom stereocenters. The second-order valence-electron chi connectivity index (χ2n) is 6.25. The molecule has 1 aliphatic heterocycles. The van der Waals surface area contributed by atoms with E-state index in [4.69, 9.17) is 0 Å². The number of carbonyl (C=O) groups excluding carboxylic acids is 2. The molecule has 1 fully saturated rings. The number of anilines is 2. The van der Waals surface area contributed by atoms with Gasteiger partial charge in [-0.05, 0) is 23.8 Å². The highest BCUT2D eigenvalue weighted by Gasteiger charge is 2.22. The Morgan fingerprint density at radius 1 is 1.14 bits per heavy atom. The molecule has 1 saturated heterocycles. The minimum Gasteiger partial charge on any atom is -0.336 e. The molecule has 142 valence electrons. The van der Waals surface area contributed by atoms with Crippen LogP contribution >= 0.6 is 0 Å². The molecule has 0 spiro atoms. The standard InChI is InChI=1S/C19H19N7O2/c27-18(23-14-7-4-8-15(11-14)26-10-9-20-19(26)28)24-16(17-21-12-22-25-17)13-5-2-1-3-6-13/h1-8,11-12,16H,9-10H2,(H,20,28)(H,21,22,25)(H2,23,24,27). The van der Waals surface area contributed by atoms with E-state index in [0.29, 0.717) is 24.6 Å². The maximum absolute atomic E-state index is 12.6. The molecule has 0 saturated carbocycles. The molecule has 1 unspecified atom stereocenters. The average Bonchev–Trinajstić information content (AvgIpc) is 3.39. The number of hydrogen-bond donors (Lipinski definition) is 4. The smallest absolute Gasteiger partial charge is 0.321 e. The van der Waals surface area contributed by atoms with Gasteiger partial charge in [0.1, 0.15) is 12.4 Å². The van der Waals surface area contributed by atoms with E-state index in [9.17, 15) is 9.59 Å². The Morgan fingerprint density at radius 3 is 2.71 bits per heavy atom. The number of nitrogens with zero attached hydrogens (tertiary/aromatic N) is 3. The average molecular weight is 377 g/mol. The van der Waals surface area contributed by atoms with E-state index in [2.05, 4.69) is 31.1 Å². The summed E-state index contributed by atoms with van der Waals surface area (Å²) in [4.78, 5) is 30.2. The zero-order valence-electron chi connectivity index (χ0n) is 14.9. The maximum Gasteiger partial charge on any atom is 0.321 e. The Labute approximate surface area is 161 Å². The fourth-order valence-electron chi connectivity index (χ4n) is 3.08. The lowest BCUT2D eigenvalue weighted by atomic mass is 10.1. The van der Waals surface area contributed by atoms with Crippen LogP contribution in [-0.4, -0.2) is 40.3 Å². The zero-order valence-corrected chi connectivity index (χ0v) is 14.9. The first-order chi connectivity index (χ1) is 13.7. The quantitative estimate of drug-likeness (QED) is 0.546. The van der Waals surface area contributed by atoms with Crippen molar-refractivity contribution >= 4 is 23.4 Å². The lowest BCUT2D eigenvalue weighted by Crippen LogP contribution is -2.34. The van der Waals surface area contributed by atoms with Crippen molar-refractivity contribution in [2.45, 2.75) is 6.04 Å². The number of aromatic amines is 1. The number of H-pyrrole nitrogens is 1. The van der Waals surface area contributed by atoms with Crippen LogP contribution in [0.15, 0.2) is 60.9 Å². The van der Waals surface area contributed by atoms with Gasteiger partial charge in [-0.2, -0.15) is 5.10 Å². The summed E-state index contributed by atoms with van der Waals surface area (Å²) in [6.45, 7) is 1.20. The Bertz CT molecular complexity index is 959. The number of aromatic nitrogens is 3. The lowest BCUT2D eigenvalue weighted by molar-refractivity contribution is 0.249. The molecule has 9 nitrogen and oxygen atoms in total. The molecule has 2 heterocycles. The van der Waals surface area contributed by atoms with Crippen LogP contribution in [0.2, 0.25) is 0 Å². The van der Waals surface area contributed by atoms with Crippen LogP contribution in [0.25, 0.3) is 0 Å². The third-order valence-corrected chi connectivity index (χ3v) is 4.39. The van der Waals surface area contributed by atoms with Crippen molar-refractivity contribution in [3.63, 3.8) is 0 Å². The van der Waals surface area contributed by atoms with Crippen LogP contribution in [0.1, 0.15) is 17.4 Å². The number of carbonyl (C=O) groups is 2. The summed E-state index contributed by atoms with van der Waals surface area (Å²) in [7, 11) is 0. The van der Waals surface area contributed by atoms with Crippen molar-refractivity contribution < 1.29 is 9.59 Å². The summed E-state index contributed by atoms with van der Waals surface area (Å²) in [6, 6.07) is 15.6. The van der Waals surface area contributed by atoms with Crippen molar-refractivity contribution in [1.82, 2.24) is 25.8 Å². The Balaban J connectivity index is 1.49. The summed E-state index contributed by atoms with van der Waals surface area (Å²) in [5, 5.41) is 15.1. The highest BCUT2D eigenvalue weighted by molar-refractivity contribution is 5.95. The fourth-order valence-corrected chi connectivity index (χ4v) is 3.08. The van der Waals surface area contributed by atoms with Gasteiger partial charge in [0.05, 0.1) is 0 Å². The molecular weight excluding hydrogens is 358 g/mol. The number of rotatable bonds is 5. The van der Waals surface area contributed by atoms with Crippen molar-refractivity contribution in [1.29, 1.82) is 0 Å². The van der Waals surface area contributed by atoms with E-state index in [1.54, 1.807) is 23.1 Å². The van der Waals surface area contributed by atoms with E-state index in [0.717, 1.165) is 11.3 Å². The Hall–Kier alpha value is -3.88. The summed E-state index contributed by atoms with van der Waals surface area (Å²) in [5.41, 5.74) is 2.18. The largest absolute Gasteiger partial charge is 0.336 e. The normalized spacial score (nSPS) is 14.4. The van der Waals surface area contributed by atoms with Crippen LogP contribution in [0, 0.1) is 0 Å². The van der Waals surface area contributed by atoms with E-state index < -0.39 is 12.1 Å². The first kappa shape index (κ1) is 17.5. The van der Waals surface area contributed by atoms with Gasteiger partial charge in [0.2, 0.25) is 0 Å². The molecule has 4 rings (SSSR count). The van der Waals surface area contributed by atoms with Crippen molar-refractivity contribution in [2.75, 3.05) is 23.3 Å². The van der Waals surface area contributed by atoms with Gasteiger partial charge in [0.15, 0.2) is 5.82 Å². The van der Waals surface area contributed by atoms with Crippen LogP contribution in [0.5, 0.6) is 0 Å². The van der Waals surface area contributed by atoms with Gasteiger partial charge in [-0.3, -0.25) is 10.00 Å².